The number of benzene rings is 2. The second kappa shape index (κ2) is 10.3. The van der Waals surface area contributed by atoms with E-state index in [0.29, 0.717) is 16.9 Å². The van der Waals surface area contributed by atoms with Gasteiger partial charge in [-0.15, -0.1) is 11.8 Å². The topological polar surface area (TPSA) is 134 Å². The third-order valence-electron chi connectivity index (χ3n) is 4.21. The fraction of sp³-hybridized carbons (Fsp3) is 0.0909. The number of carbonyl (C=O) groups is 3. The number of thioether (sulfide) groups is 1. The lowest BCUT2D eigenvalue weighted by atomic mass is 10.1. The molecule has 5 N–H and O–H groups in total. The van der Waals surface area contributed by atoms with Gasteiger partial charge in [0, 0.05) is 33.8 Å². The van der Waals surface area contributed by atoms with Crippen molar-refractivity contribution < 1.29 is 19.5 Å². The van der Waals surface area contributed by atoms with E-state index in [1.165, 1.54) is 17.8 Å². The summed E-state index contributed by atoms with van der Waals surface area (Å²) >= 11 is 1.34. The Hall–Kier alpha value is -3.85. The number of rotatable bonds is 8. The molecule has 0 spiro atoms. The molecule has 0 saturated carbocycles. The monoisotopic (exact) mass is 436 g/mol. The van der Waals surface area contributed by atoms with E-state index >= 15 is 0 Å². The molecule has 31 heavy (non-hydrogen) atoms. The first-order chi connectivity index (χ1) is 14.9. The summed E-state index contributed by atoms with van der Waals surface area (Å²) in [6.07, 6.45) is 3.17. The Balaban J connectivity index is 1.82. The van der Waals surface area contributed by atoms with Gasteiger partial charge < -0.3 is 21.5 Å². The van der Waals surface area contributed by atoms with Crippen molar-refractivity contribution >= 4 is 41.0 Å². The van der Waals surface area contributed by atoms with Crippen LogP contribution in [0.15, 0.2) is 78.0 Å². The molecule has 8 nitrogen and oxygen atoms in total. The summed E-state index contributed by atoms with van der Waals surface area (Å²) in [4.78, 5) is 40.0. The van der Waals surface area contributed by atoms with Gasteiger partial charge in [0.05, 0.1) is 12.1 Å². The highest BCUT2D eigenvalue weighted by molar-refractivity contribution is 7.99. The number of primary amides is 1. The van der Waals surface area contributed by atoms with E-state index in [4.69, 9.17) is 5.73 Å². The zero-order chi connectivity index (χ0) is 22.2. The van der Waals surface area contributed by atoms with E-state index in [1.54, 1.807) is 48.8 Å². The zero-order valence-corrected chi connectivity index (χ0v) is 17.1. The third-order valence-corrected chi connectivity index (χ3v) is 5.55. The maximum Gasteiger partial charge on any atom is 0.316 e. The van der Waals surface area contributed by atoms with Crippen molar-refractivity contribution in [3.8, 4) is 0 Å². The van der Waals surface area contributed by atoms with Gasteiger partial charge in [-0.25, -0.2) is 4.79 Å². The lowest BCUT2D eigenvalue weighted by Gasteiger charge is -2.17. The van der Waals surface area contributed by atoms with Crippen molar-refractivity contribution in [2.45, 2.75) is 16.6 Å². The number of pyridine rings is 1. The number of urea groups is 1. The number of aliphatic carboxylic acids is 1. The molecule has 3 amide bonds. The average molecular weight is 436 g/mol. The number of hydrogen-bond donors (Lipinski definition) is 4. The molecular weight excluding hydrogens is 416 g/mol. The van der Waals surface area contributed by atoms with Crippen LogP contribution in [0.25, 0.3) is 0 Å². The predicted octanol–water partition coefficient (Wildman–Crippen LogP) is 4.13. The van der Waals surface area contributed by atoms with Crippen molar-refractivity contribution in [2.24, 2.45) is 5.73 Å². The second-order valence-corrected chi connectivity index (χ2v) is 7.76. The number of carboxylic acids is 1. The molecule has 9 heteroatoms. The van der Waals surface area contributed by atoms with Gasteiger partial charge in [0.1, 0.15) is 0 Å². The number of anilines is 2. The van der Waals surface area contributed by atoms with Crippen LogP contribution in [0.1, 0.15) is 27.6 Å². The number of para-hydroxylation sites is 1. The number of nitrogens with zero attached hydrogens (tertiary/aromatic N) is 1. The van der Waals surface area contributed by atoms with Crippen LogP contribution in [0.4, 0.5) is 16.2 Å². The molecule has 1 aromatic heterocycles. The van der Waals surface area contributed by atoms with Gasteiger partial charge in [0.2, 0.25) is 0 Å². The zero-order valence-electron chi connectivity index (χ0n) is 16.3. The highest BCUT2D eigenvalue weighted by Crippen LogP contribution is 2.40. The van der Waals surface area contributed by atoms with Gasteiger partial charge in [-0.1, -0.05) is 24.3 Å². The number of nitrogens with one attached hydrogen (secondary N) is 2. The Labute approximate surface area is 182 Å². The molecule has 1 atom stereocenters. The van der Waals surface area contributed by atoms with Gasteiger partial charge in [-0.3, -0.25) is 14.6 Å². The van der Waals surface area contributed by atoms with Crippen LogP contribution in [0, 0.1) is 0 Å². The van der Waals surface area contributed by atoms with E-state index in [0.717, 1.165) is 10.5 Å². The minimum absolute atomic E-state index is 0.0977. The van der Waals surface area contributed by atoms with Crippen molar-refractivity contribution in [3.63, 3.8) is 0 Å². The van der Waals surface area contributed by atoms with Crippen LogP contribution in [0.5, 0.6) is 0 Å². The largest absolute Gasteiger partial charge is 0.481 e. The number of nitrogens with two attached hydrogens (primary N) is 1. The molecule has 0 radical (unpaired) electrons. The van der Waals surface area contributed by atoms with Crippen molar-refractivity contribution in [2.75, 3.05) is 10.6 Å². The molecule has 0 aliphatic rings. The van der Waals surface area contributed by atoms with Gasteiger partial charge in [0.15, 0.2) is 0 Å². The van der Waals surface area contributed by atoms with Crippen LogP contribution >= 0.6 is 11.8 Å². The molecule has 1 heterocycles. The minimum atomic E-state index is -0.929. The molecule has 0 aliphatic heterocycles. The highest BCUT2D eigenvalue weighted by Gasteiger charge is 2.19. The fourth-order valence-corrected chi connectivity index (χ4v) is 4.06. The summed E-state index contributed by atoms with van der Waals surface area (Å²) in [5, 5.41) is 14.2. The van der Waals surface area contributed by atoms with Crippen molar-refractivity contribution in [1.29, 1.82) is 0 Å². The molecule has 3 aromatic rings. The van der Waals surface area contributed by atoms with E-state index < -0.39 is 12.0 Å². The highest BCUT2D eigenvalue weighted by atomic mass is 32.2. The van der Waals surface area contributed by atoms with Crippen LogP contribution in [-0.4, -0.2) is 28.0 Å². The number of carboxylic acid groups (broad SMARTS) is 1. The molecule has 0 fully saturated rings. The average Bonchev–Trinajstić information content (AvgIpc) is 2.74. The summed E-state index contributed by atoms with van der Waals surface area (Å²) in [5.74, 6) is -1.31. The smallest absolute Gasteiger partial charge is 0.316 e. The summed E-state index contributed by atoms with van der Waals surface area (Å²) < 4.78 is 0. The van der Waals surface area contributed by atoms with E-state index in [-0.39, 0.29) is 17.6 Å². The SMILES string of the molecule is NC(=O)Nc1cccc(C(=O)Nc2ccccc2SC(CC(=O)O)c2cccnc2)c1. The third kappa shape index (κ3) is 6.31. The lowest BCUT2D eigenvalue weighted by Crippen LogP contribution is -2.20. The molecule has 3 rings (SSSR count). The standard InChI is InChI=1S/C22H20N4O4S/c23-22(30)25-16-7-3-5-14(11-16)21(29)26-17-8-1-2-9-18(17)31-19(12-20(27)28)15-6-4-10-24-13-15/h1-11,13,19H,12H2,(H,26,29)(H,27,28)(H3,23,25,30). The Kier molecular flexibility index (Phi) is 7.23. The fourth-order valence-electron chi connectivity index (χ4n) is 2.85. The first kappa shape index (κ1) is 21.8. The number of carbonyl (C=O) groups excluding carboxylic acids is 2. The molecule has 2 aromatic carbocycles. The van der Waals surface area contributed by atoms with Gasteiger partial charge >= 0.3 is 12.0 Å². The van der Waals surface area contributed by atoms with E-state index in [2.05, 4.69) is 15.6 Å². The molecular formula is C22H20N4O4S. The maximum atomic E-state index is 12.8. The number of amides is 3. The lowest BCUT2D eigenvalue weighted by molar-refractivity contribution is -0.137. The Morgan fingerprint density at radius 1 is 1.03 bits per heavy atom. The molecule has 0 saturated heterocycles. The maximum absolute atomic E-state index is 12.8. The number of hydrogen-bond acceptors (Lipinski definition) is 5. The van der Waals surface area contributed by atoms with E-state index in [9.17, 15) is 19.5 Å². The van der Waals surface area contributed by atoms with Crippen LogP contribution in [0.3, 0.4) is 0 Å². The van der Waals surface area contributed by atoms with Crippen molar-refractivity contribution in [3.05, 3.63) is 84.2 Å². The molecule has 158 valence electrons. The van der Waals surface area contributed by atoms with Gasteiger partial charge in [-0.05, 0) is 42.0 Å². The summed E-state index contributed by atoms with van der Waals surface area (Å²) in [7, 11) is 0. The first-order valence-corrected chi connectivity index (χ1v) is 10.2. The normalized spacial score (nSPS) is 11.4. The minimum Gasteiger partial charge on any atom is -0.481 e. The summed E-state index contributed by atoms with van der Waals surface area (Å²) in [6, 6.07) is 16.4. The van der Waals surface area contributed by atoms with Crippen molar-refractivity contribution in [1.82, 2.24) is 4.98 Å². The van der Waals surface area contributed by atoms with Crippen LogP contribution in [-0.2, 0) is 4.79 Å². The van der Waals surface area contributed by atoms with Crippen LogP contribution < -0.4 is 16.4 Å². The quantitative estimate of drug-likeness (QED) is 0.392. The Morgan fingerprint density at radius 3 is 2.55 bits per heavy atom. The second-order valence-electron chi connectivity index (χ2n) is 6.51. The summed E-state index contributed by atoms with van der Waals surface area (Å²) in [5.41, 5.74) is 7.19. The van der Waals surface area contributed by atoms with Gasteiger partial charge in [0.25, 0.3) is 5.91 Å². The molecule has 0 bridgehead atoms. The Morgan fingerprint density at radius 2 is 1.84 bits per heavy atom. The summed E-state index contributed by atoms with van der Waals surface area (Å²) in [6.45, 7) is 0. The van der Waals surface area contributed by atoms with E-state index in [1.807, 2.05) is 18.2 Å². The predicted molar refractivity (Wildman–Crippen MR) is 119 cm³/mol. The number of aromatic nitrogens is 1. The molecule has 1 unspecified atom stereocenters. The van der Waals surface area contributed by atoms with Gasteiger partial charge in [-0.2, -0.15) is 0 Å². The van der Waals surface area contributed by atoms with Crippen LogP contribution in [0.2, 0.25) is 0 Å². The Bertz CT molecular complexity index is 1090. The molecule has 0 aliphatic carbocycles. The first-order valence-electron chi connectivity index (χ1n) is 9.27.